The molecule has 1 saturated carbocycles. The normalized spacial score (nSPS) is 14.1. The summed E-state index contributed by atoms with van der Waals surface area (Å²) in [6.07, 6.45) is 1.38. The van der Waals surface area contributed by atoms with E-state index in [1.165, 1.54) is 6.07 Å². The van der Waals surface area contributed by atoms with Crippen LogP contribution < -0.4 is 10.6 Å². The largest absolute Gasteiger partial charge is 0.353 e. The van der Waals surface area contributed by atoms with Crippen molar-refractivity contribution in [2.75, 3.05) is 5.32 Å². The van der Waals surface area contributed by atoms with Crippen LogP contribution in [0.25, 0.3) is 0 Å². The molecule has 0 aromatic heterocycles. The summed E-state index contributed by atoms with van der Waals surface area (Å²) >= 11 is 0. The van der Waals surface area contributed by atoms with Gasteiger partial charge in [0.2, 0.25) is 11.8 Å². The van der Waals surface area contributed by atoms with Gasteiger partial charge in [-0.2, -0.15) is 0 Å². The van der Waals surface area contributed by atoms with Gasteiger partial charge in [0, 0.05) is 6.04 Å². The molecule has 18 heavy (non-hydrogen) atoms. The lowest BCUT2D eigenvalue weighted by Crippen LogP contribution is -2.29. The SMILES string of the molecule is O=C(CC(=O)NC1CC1)Nc1c(F)cccc1F. The standard InChI is InChI=1S/C12H12F2N2O2/c13-8-2-1-3-9(14)12(8)16-11(18)6-10(17)15-7-4-5-7/h1-3,7H,4-6H2,(H,15,17)(H,16,18). The second-order valence-corrected chi connectivity index (χ2v) is 4.16. The minimum atomic E-state index is -0.869. The van der Waals surface area contributed by atoms with Crippen molar-refractivity contribution >= 4 is 17.5 Å². The van der Waals surface area contributed by atoms with E-state index in [1.807, 2.05) is 0 Å². The molecule has 1 aliphatic carbocycles. The number of anilines is 1. The Morgan fingerprint density at radius 2 is 1.78 bits per heavy atom. The molecule has 1 aromatic rings. The summed E-state index contributed by atoms with van der Waals surface area (Å²) in [6, 6.07) is 3.40. The molecule has 2 amide bonds. The molecule has 2 rings (SSSR count). The van der Waals surface area contributed by atoms with Crippen LogP contribution in [0.2, 0.25) is 0 Å². The highest BCUT2D eigenvalue weighted by atomic mass is 19.1. The molecular weight excluding hydrogens is 242 g/mol. The Labute approximate surface area is 102 Å². The second-order valence-electron chi connectivity index (χ2n) is 4.16. The number of benzene rings is 1. The van der Waals surface area contributed by atoms with Crippen molar-refractivity contribution in [1.29, 1.82) is 0 Å². The average Bonchev–Trinajstić information content (AvgIpc) is 3.07. The zero-order chi connectivity index (χ0) is 13.1. The first-order chi connectivity index (χ1) is 8.56. The van der Waals surface area contributed by atoms with Crippen LogP contribution in [0.15, 0.2) is 18.2 Å². The van der Waals surface area contributed by atoms with Crippen molar-refractivity contribution in [3.63, 3.8) is 0 Å². The van der Waals surface area contributed by atoms with E-state index in [0.717, 1.165) is 25.0 Å². The zero-order valence-electron chi connectivity index (χ0n) is 9.50. The summed E-state index contributed by atoms with van der Waals surface area (Å²) in [7, 11) is 0. The second kappa shape index (κ2) is 5.12. The molecule has 0 aliphatic heterocycles. The van der Waals surface area contributed by atoms with Crippen molar-refractivity contribution in [1.82, 2.24) is 5.32 Å². The van der Waals surface area contributed by atoms with Crippen LogP contribution in [0.5, 0.6) is 0 Å². The molecule has 2 N–H and O–H groups in total. The Hall–Kier alpha value is -1.98. The van der Waals surface area contributed by atoms with Crippen LogP contribution in [0.3, 0.4) is 0 Å². The van der Waals surface area contributed by atoms with Gasteiger partial charge >= 0.3 is 0 Å². The first-order valence-electron chi connectivity index (χ1n) is 5.59. The van der Waals surface area contributed by atoms with Crippen LogP contribution in [-0.2, 0) is 9.59 Å². The number of hydrogen-bond donors (Lipinski definition) is 2. The van der Waals surface area contributed by atoms with E-state index in [4.69, 9.17) is 0 Å². The van der Waals surface area contributed by atoms with Gasteiger partial charge < -0.3 is 10.6 Å². The topological polar surface area (TPSA) is 58.2 Å². The number of halogens is 2. The van der Waals surface area contributed by atoms with Gasteiger partial charge in [0.1, 0.15) is 23.7 Å². The van der Waals surface area contributed by atoms with E-state index in [0.29, 0.717) is 0 Å². The highest BCUT2D eigenvalue weighted by molar-refractivity contribution is 6.03. The van der Waals surface area contributed by atoms with E-state index < -0.39 is 35.6 Å². The summed E-state index contributed by atoms with van der Waals surface area (Å²) in [6.45, 7) is 0. The van der Waals surface area contributed by atoms with Gasteiger partial charge in [0.05, 0.1) is 0 Å². The van der Waals surface area contributed by atoms with Crippen molar-refractivity contribution in [3.05, 3.63) is 29.8 Å². The molecule has 0 radical (unpaired) electrons. The van der Waals surface area contributed by atoms with Crippen LogP contribution in [0.1, 0.15) is 19.3 Å². The Balaban J connectivity index is 1.91. The third-order valence-electron chi connectivity index (χ3n) is 2.49. The maximum atomic E-state index is 13.2. The van der Waals surface area contributed by atoms with Crippen molar-refractivity contribution in [3.8, 4) is 0 Å². The lowest BCUT2D eigenvalue weighted by Gasteiger charge is -2.07. The molecule has 1 aromatic carbocycles. The third-order valence-corrected chi connectivity index (χ3v) is 2.49. The summed E-state index contributed by atoms with van der Waals surface area (Å²) in [4.78, 5) is 22.7. The Bertz CT molecular complexity index is 467. The fourth-order valence-electron chi connectivity index (χ4n) is 1.45. The Morgan fingerprint density at radius 1 is 1.17 bits per heavy atom. The van der Waals surface area contributed by atoms with Crippen LogP contribution in [-0.4, -0.2) is 17.9 Å². The number of nitrogens with one attached hydrogen (secondary N) is 2. The lowest BCUT2D eigenvalue weighted by molar-refractivity contribution is -0.126. The van der Waals surface area contributed by atoms with Gasteiger partial charge in [0.15, 0.2) is 0 Å². The van der Waals surface area contributed by atoms with Gasteiger partial charge in [0.25, 0.3) is 0 Å². The smallest absolute Gasteiger partial charge is 0.233 e. The van der Waals surface area contributed by atoms with E-state index >= 15 is 0 Å². The molecular formula is C12H12F2N2O2. The van der Waals surface area contributed by atoms with Gasteiger partial charge in [-0.3, -0.25) is 9.59 Å². The van der Waals surface area contributed by atoms with E-state index in [-0.39, 0.29) is 6.04 Å². The third kappa shape index (κ3) is 3.26. The summed E-state index contributed by atoms with van der Waals surface area (Å²) < 4.78 is 26.4. The highest BCUT2D eigenvalue weighted by Gasteiger charge is 2.24. The number of carbonyl (C=O) groups is 2. The average molecular weight is 254 g/mol. The van der Waals surface area contributed by atoms with Crippen LogP contribution >= 0.6 is 0 Å². The number of carbonyl (C=O) groups excluding carboxylic acids is 2. The van der Waals surface area contributed by atoms with E-state index in [1.54, 1.807) is 0 Å². The fourth-order valence-corrected chi connectivity index (χ4v) is 1.45. The van der Waals surface area contributed by atoms with Gasteiger partial charge in [-0.25, -0.2) is 8.78 Å². The molecule has 0 spiro atoms. The highest BCUT2D eigenvalue weighted by Crippen LogP contribution is 2.19. The van der Waals surface area contributed by atoms with Crippen molar-refractivity contribution in [2.24, 2.45) is 0 Å². The predicted octanol–water partition coefficient (Wildman–Crippen LogP) is 1.57. The maximum absolute atomic E-state index is 13.2. The van der Waals surface area contributed by atoms with Gasteiger partial charge in [-0.15, -0.1) is 0 Å². The molecule has 6 heteroatoms. The van der Waals surface area contributed by atoms with Crippen LogP contribution in [0.4, 0.5) is 14.5 Å². The molecule has 0 saturated heterocycles. The Kier molecular flexibility index (Phi) is 3.55. The quantitative estimate of drug-likeness (QED) is 0.801. The Morgan fingerprint density at radius 3 is 2.33 bits per heavy atom. The van der Waals surface area contributed by atoms with Crippen molar-refractivity contribution in [2.45, 2.75) is 25.3 Å². The monoisotopic (exact) mass is 254 g/mol. The molecule has 0 bridgehead atoms. The summed E-state index contributed by atoms with van der Waals surface area (Å²) in [5, 5.41) is 4.67. The van der Waals surface area contributed by atoms with Gasteiger partial charge in [-0.05, 0) is 25.0 Å². The van der Waals surface area contributed by atoms with Crippen molar-refractivity contribution < 1.29 is 18.4 Å². The number of para-hydroxylation sites is 1. The van der Waals surface area contributed by atoms with Crippen LogP contribution in [0, 0.1) is 11.6 Å². The number of hydrogen-bond acceptors (Lipinski definition) is 2. The molecule has 4 nitrogen and oxygen atoms in total. The summed E-state index contributed by atoms with van der Waals surface area (Å²) in [5.41, 5.74) is -0.526. The summed E-state index contributed by atoms with van der Waals surface area (Å²) in [5.74, 6) is -2.92. The molecule has 1 fully saturated rings. The molecule has 0 atom stereocenters. The predicted molar refractivity (Wildman–Crippen MR) is 60.8 cm³/mol. The first-order valence-corrected chi connectivity index (χ1v) is 5.59. The fraction of sp³-hybridized carbons (Fsp3) is 0.333. The first kappa shape index (κ1) is 12.5. The number of rotatable bonds is 4. The maximum Gasteiger partial charge on any atom is 0.233 e. The lowest BCUT2D eigenvalue weighted by atomic mass is 10.2. The minimum Gasteiger partial charge on any atom is -0.353 e. The molecule has 96 valence electrons. The molecule has 1 aliphatic rings. The minimum absolute atomic E-state index is 0.149. The molecule has 0 heterocycles. The number of amides is 2. The van der Waals surface area contributed by atoms with Gasteiger partial charge in [-0.1, -0.05) is 6.07 Å². The van der Waals surface area contributed by atoms with E-state index in [9.17, 15) is 18.4 Å². The zero-order valence-corrected chi connectivity index (χ0v) is 9.50. The van der Waals surface area contributed by atoms with E-state index in [2.05, 4.69) is 10.6 Å². The molecule has 0 unspecified atom stereocenters.